The van der Waals surface area contributed by atoms with Crippen molar-refractivity contribution in [2.75, 3.05) is 24.5 Å². The molecule has 3 aromatic rings. The first-order valence-corrected chi connectivity index (χ1v) is 10.4. The van der Waals surface area contributed by atoms with Gasteiger partial charge in [-0.3, -0.25) is 4.90 Å². The Hall–Kier alpha value is -1.98. The van der Waals surface area contributed by atoms with Crippen LogP contribution in [0.4, 0.5) is 5.82 Å². The summed E-state index contributed by atoms with van der Waals surface area (Å²) in [5.41, 5.74) is 4.59. The van der Waals surface area contributed by atoms with Crippen LogP contribution in [0, 0.1) is 6.92 Å². The third kappa shape index (κ3) is 2.89. The molecule has 0 N–H and O–H groups in total. The number of hydrogen-bond acceptors (Lipinski definition) is 5. The third-order valence-corrected chi connectivity index (χ3v) is 6.86. The Labute approximate surface area is 158 Å². The van der Waals surface area contributed by atoms with Crippen molar-refractivity contribution in [3.05, 3.63) is 51.8 Å². The maximum Gasteiger partial charge on any atom is 0.150 e. The van der Waals surface area contributed by atoms with E-state index < -0.39 is 0 Å². The second kappa shape index (κ2) is 6.63. The molecule has 26 heavy (non-hydrogen) atoms. The van der Waals surface area contributed by atoms with Gasteiger partial charge >= 0.3 is 0 Å². The van der Waals surface area contributed by atoms with Gasteiger partial charge in [-0.15, -0.1) is 11.3 Å². The fourth-order valence-corrected chi connectivity index (χ4v) is 5.29. The number of aromatic nitrogens is 2. The highest BCUT2D eigenvalue weighted by Gasteiger charge is 2.28. The van der Waals surface area contributed by atoms with E-state index in [2.05, 4.69) is 34.2 Å². The number of nitrogens with zero attached hydrogens (tertiary/aromatic N) is 4. The van der Waals surface area contributed by atoms with E-state index in [-0.39, 0.29) is 0 Å². The van der Waals surface area contributed by atoms with Gasteiger partial charge in [-0.1, -0.05) is 12.1 Å². The summed E-state index contributed by atoms with van der Waals surface area (Å²) in [6.07, 6.45) is 3.66. The zero-order valence-electron chi connectivity index (χ0n) is 15.2. The van der Waals surface area contributed by atoms with Crippen molar-refractivity contribution in [3.63, 3.8) is 0 Å². The molecule has 0 radical (unpaired) electrons. The molecule has 0 atom stereocenters. The van der Waals surface area contributed by atoms with Gasteiger partial charge in [-0.05, 0) is 55.3 Å². The highest BCUT2D eigenvalue weighted by Crippen LogP contribution is 2.29. The molecule has 0 unspecified atom stereocenters. The molecule has 4 heterocycles. The number of aryl methyl sites for hydroxylation is 1. The molecular formula is C21H24N4S. The number of hydrogen-bond donors (Lipinski definition) is 0. The third-order valence-electron chi connectivity index (χ3n) is 5.84. The maximum atomic E-state index is 4.91. The predicted octanol–water partition coefficient (Wildman–Crippen LogP) is 4.03. The highest BCUT2D eigenvalue weighted by molar-refractivity contribution is 7.10. The molecule has 0 aliphatic carbocycles. The van der Waals surface area contributed by atoms with E-state index >= 15 is 0 Å². The SMILES string of the molecule is Cc1nc2ccccc2nc1N1CCC(N2CCc3sccc3C2)CC1. The molecule has 2 aliphatic rings. The van der Waals surface area contributed by atoms with Crippen LogP contribution in [0.25, 0.3) is 11.0 Å². The number of fused-ring (bicyclic) bond motifs is 2. The van der Waals surface area contributed by atoms with Crippen LogP contribution < -0.4 is 4.90 Å². The van der Waals surface area contributed by atoms with Crippen molar-refractivity contribution >= 4 is 28.2 Å². The van der Waals surface area contributed by atoms with E-state index in [1.54, 1.807) is 10.4 Å². The fourth-order valence-electron chi connectivity index (χ4n) is 4.40. The number of anilines is 1. The number of rotatable bonds is 2. The van der Waals surface area contributed by atoms with Crippen LogP contribution in [0.15, 0.2) is 35.7 Å². The van der Waals surface area contributed by atoms with E-state index in [0.717, 1.165) is 42.2 Å². The molecule has 0 spiro atoms. The summed E-state index contributed by atoms with van der Waals surface area (Å²) < 4.78 is 0. The molecule has 5 heteroatoms. The largest absolute Gasteiger partial charge is 0.355 e. The van der Waals surface area contributed by atoms with E-state index in [1.807, 2.05) is 29.5 Å². The minimum Gasteiger partial charge on any atom is -0.355 e. The molecule has 0 bridgehead atoms. The summed E-state index contributed by atoms with van der Waals surface area (Å²) in [7, 11) is 0. The molecule has 1 fully saturated rings. The fraction of sp³-hybridized carbons (Fsp3) is 0.429. The van der Waals surface area contributed by atoms with E-state index in [1.165, 1.54) is 25.8 Å². The lowest BCUT2D eigenvalue weighted by Crippen LogP contribution is -2.46. The average molecular weight is 365 g/mol. The van der Waals surface area contributed by atoms with Gasteiger partial charge in [0.05, 0.1) is 16.7 Å². The molecule has 0 amide bonds. The topological polar surface area (TPSA) is 32.3 Å². The molecule has 1 saturated heterocycles. The van der Waals surface area contributed by atoms with Crippen LogP contribution in [0.2, 0.25) is 0 Å². The van der Waals surface area contributed by atoms with Gasteiger partial charge in [0, 0.05) is 37.1 Å². The van der Waals surface area contributed by atoms with Gasteiger partial charge in [0.1, 0.15) is 0 Å². The minimum absolute atomic E-state index is 0.702. The molecule has 2 aromatic heterocycles. The van der Waals surface area contributed by atoms with Crippen LogP contribution in [0.1, 0.15) is 29.0 Å². The molecular weight excluding hydrogens is 340 g/mol. The summed E-state index contributed by atoms with van der Waals surface area (Å²) in [5.74, 6) is 1.07. The lowest BCUT2D eigenvalue weighted by molar-refractivity contribution is 0.154. The Morgan fingerprint density at radius 2 is 1.77 bits per heavy atom. The van der Waals surface area contributed by atoms with Gasteiger partial charge in [-0.25, -0.2) is 9.97 Å². The Balaban J connectivity index is 1.29. The van der Waals surface area contributed by atoms with Crippen molar-refractivity contribution in [2.45, 2.75) is 38.8 Å². The molecule has 0 saturated carbocycles. The standard InChI is InChI=1S/C21H24N4S/c1-15-21(23-19-5-3-2-4-18(19)22-15)24-10-6-17(7-11-24)25-12-8-20-16(14-25)9-13-26-20/h2-5,9,13,17H,6-8,10-12,14H2,1H3. The highest BCUT2D eigenvalue weighted by atomic mass is 32.1. The van der Waals surface area contributed by atoms with E-state index in [4.69, 9.17) is 9.97 Å². The van der Waals surface area contributed by atoms with Crippen molar-refractivity contribution in [2.24, 2.45) is 0 Å². The van der Waals surface area contributed by atoms with Crippen molar-refractivity contribution in [1.29, 1.82) is 0 Å². The van der Waals surface area contributed by atoms with Gasteiger partial charge in [0.15, 0.2) is 5.82 Å². The monoisotopic (exact) mass is 364 g/mol. The van der Waals surface area contributed by atoms with Crippen molar-refractivity contribution in [3.8, 4) is 0 Å². The zero-order valence-corrected chi connectivity index (χ0v) is 16.0. The lowest BCUT2D eigenvalue weighted by atomic mass is 9.99. The number of piperidine rings is 1. The van der Waals surface area contributed by atoms with Gasteiger partial charge in [0.25, 0.3) is 0 Å². The quantitative estimate of drug-likeness (QED) is 0.687. The summed E-state index contributed by atoms with van der Waals surface area (Å²) in [5, 5.41) is 2.25. The summed E-state index contributed by atoms with van der Waals surface area (Å²) in [6.45, 7) is 6.59. The van der Waals surface area contributed by atoms with Gasteiger partial charge in [-0.2, -0.15) is 0 Å². The molecule has 5 rings (SSSR count). The number of benzene rings is 1. The van der Waals surface area contributed by atoms with Crippen LogP contribution in [-0.4, -0.2) is 40.5 Å². The normalized spacial score (nSPS) is 19.0. The Kier molecular flexibility index (Phi) is 4.14. The van der Waals surface area contributed by atoms with Gasteiger partial charge in [0.2, 0.25) is 0 Å². The number of para-hydroxylation sites is 2. The Morgan fingerprint density at radius 3 is 2.58 bits per heavy atom. The first-order chi connectivity index (χ1) is 12.8. The van der Waals surface area contributed by atoms with Crippen molar-refractivity contribution in [1.82, 2.24) is 14.9 Å². The first kappa shape index (κ1) is 16.2. The second-order valence-corrected chi connectivity index (χ2v) is 8.43. The van der Waals surface area contributed by atoms with Crippen LogP contribution >= 0.6 is 11.3 Å². The average Bonchev–Trinajstić information content (AvgIpc) is 3.15. The van der Waals surface area contributed by atoms with Crippen LogP contribution in [0.5, 0.6) is 0 Å². The van der Waals surface area contributed by atoms with Crippen LogP contribution in [-0.2, 0) is 13.0 Å². The maximum absolute atomic E-state index is 4.91. The Morgan fingerprint density at radius 1 is 1.00 bits per heavy atom. The first-order valence-electron chi connectivity index (χ1n) is 9.55. The smallest absolute Gasteiger partial charge is 0.150 e. The number of thiophene rings is 1. The van der Waals surface area contributed by atoms with Gasteiger partial charge < -0.3 is 4.90 Å². The minimum atomic E-state index is 0.702. The predicted molar refractivity (Wildman–Crippen MR) is 108 cm³/mol. The summed E-state index contributed by atoms with van der Waals surface area (Å²) >= 11 is 1.92. The van der Waals surface area contributed by atoms with Crippen LogP contribution in [0.3, 0.4) is 0 Å². The molecule has 1 aromatic carbocycles. The summed E-state index contributed by atoms with van der Waals surface area (Å²) in [4.78, 5) is 16.4. The van der Waals surface area contributed by atoms with E-state index in [9.17, 15) is 0 Å². The molecule has 4 nitrogen and oxygen atoms in total. The van der Waals surface area contributed by atoms with Crippen molar-refractivity contribution < 1.29 is 0 Å². The Bertz CT molecular complexity index is 927. The molecule has 134 valence electrons. The van der Waals surface area contributed by atoms with E-state index in [0.29, 0.717) is 6.04 Å². The summed E-state index contributed by atoms with van der Waals surface area (Å²) in [6, 6.07) is 11.2. The second-order valence-electron chi connectivity index (χ2n) is 7.43. The molecule has 2 aliphatic heterocycles. The lowest BCUT2D eigenvalue weighted by Gasteiger charge is -2.40. The zero-order chi connectivity index (χ0) is 17.5.